The van der Waals surface area contributed by atoms with Crippen molar-refractivity contribution >= 4 is 17.3 Å². The van der Waals surface area contributed by atoms with Crippen molar-refractivity contribution < 1.29 is 14.5 Å². The summed E-state index contributed by atoms with van der Waals surface area (Å²) >= 11 is 0. The van der Waals surface area contributed by atoms with E-state index in [2.05, 4.69) is 55.3 Å². The Kier molecular flexibility index (Phi) is 10.4. The Hall–Kier alpha value is -3.13. The number of methoxy groups -OCH3 is 1. The van der Waals surface area contributed by atoms with E-state index in [4.69, 9.17) is 4.74 Å². The average Bonchev–Trinajstić information content (AvgIpc) is 2.92. The molecule has 0 aliphatic carbocycles. The van der Waals surface area contributed by atoms with Crippen LogP contribution in [-0.2, 0) is 10.2 Å². The van der Waals surface area contributed by atoms with Gasteiger partial charge in [0.2, 0.25) is 5.91 Å². The van der Waals surface area contributed by atoms with Crippen LogP contribution in [0.2, 0.25) is 0 Å². The number of nitro groups is 1. The summed E-state index contributed by atoms with van der Waals surface area (Å²) in [4.78, 5) is 28.0. The number of piperidine rings is 2. The number of nitrogens with one attached hydrogen (secondary N) is 1. The van der Waals surface area contributed by atoms with Crippen LogP contribution in [0.25, 0.3) is 0 Å². The van der Waals surface area contributed by atoms with Gasteiger partial charge in [0.15, 0.2) is 5.75 Å². The summed E-state index contributed by atoms with van der Waals surface area (Å²) in [7, 11) is 1.43. The second kappa shape index (κ2) is 13.3. The molecule has 4 rings (SSSR count). The minimum absolute atomic E-state index is 0. The van der Waals surface area contributed by atoms with E-state index in [0.717, 1.165) is 64.1 Å². The van der Waals surface area contributed by atoms with E-state index in [1.54, 1.807) is 12.1 Å². The standard InChI is InChI=1S/C30H42N4O4.CH4/c1-30(2,3)24-7-5-22(6-8-24)23-11-16-32(17-12-23)18-15-29(35)33-19-13-25(14-20-33)31-26-9-10-27(34(36)37)28(21-26)38-4;/h5-10,21,23,25,31H,11-20H2,1-4H3;1H4. The van der Waals surface area contributed by atoms with Gasteiger partial charge in [-0.25, -0.2) is 0 Å². The monoisotopic (exact) mass is 538 g/mol. The van der Waals surface area contributed by atoms with E-state index < -0.39 is 4.92 Å². The van der Waals surface area contributed by atoms with Gasteiger partial charge in [-0.15, -0.1) is 0 Å². The number of nitro benzene ring substituents is 1. The highest BCUT2D eigenvalue weighted by molar-refractivity contribution is 5.76. The van der Waals surface area contributed by atoms with Crippen LogP contribution in [0, 0.1) is 10.1 Å². The number of carbonyl (C=O) groups is 1. The summed E-state index contributed by atoms with van der Waals surface area (Å²) in [5.41, 5.74) is 3.76. The molecular weight excluding hydrogens is 492 g/mol. The number of nitrogens with zero attached hydrogens (tertiary/aromatic N) is 3. The number of benzene rings is 2. The number of rotatable bonds is 8. The van der Waals surface area contributed by atoms with Crippen LogP contribution in [-0.4, -0.2) is 66.5 Å². The number of amides is 1. The van der Waals surface area contributed by atoms with Crippen molar-refractivity contribution in [3.63, 3.8) is 0 Å². The predicted octanol–water partition coefficient (Wildman–Crippen LogP) is 6.21. The third-order valence-corrected chi connectivity index (χ3v) is 8.07. The second-order valence-corrected chi connectivity index (χ2v) is 11.7. The van der Waals surface area contributed by atoms with Gasteiger partial charge in [-0.3, -0.25) is 14.9 Å². The maximum Gasteiger partial charge on any atom is 0.311 e. The molecule has 0 bridgehead atoms. The molecule has 2 aromatic carbocycles. The third-order valence-electron chi connectivity index (χ3n) is 8.07. The molecule has 2 heterocycles. The van der Waals surface area contributed by atoms with Gasteiger partial charge in [0, 0.05) is 49.9 Å². The number of hydrogen-bond donors (Lipinski definition) is 1. The van der Waals surface area contributed by atoms with Crippen molar-refractivity contribution in [3.8, 4) is 5.75 Å². The Morgan fingerprint density at radius 2 is 1.67 bits per heavy atom. The minimum Gasteiger partial charge on any atom is -0.490 e. The Morgan fingerprint density at radius 1 is 1.03 bits per heavy atom. The Morgan fingerprint density at radius 3 is 2.23 bits per heavy atom. The number of likely N-dealkylation sites (tertiary alicyclic amines) is 2. The van der Waals surface area contributed by atoms with Crippen molar-refractivity contribution in [2.45, 2.75) is 77.7 Å². The van der Waals surface area contributed by atoms with Gasteiger partial charge < -0.3 is 19.9 Å². The lowest BCUT2D eigenvalue weighted by Crippen LogP contribution is -2.43. The summed E-state index contributed by atoms with van der Waals surface area (Å²) < 4.78 is 5.17. The zero-order valence-electron chi connectivity index (χ0n) is 23.2. The lowest BCUT2D eigenvalue weighted by atomic mass is 9.84. The van der Waals surface area contributed by atoms with E-state index in [1.807, 2.05) is 4.90 Å². The molecule has 0 unspecified atom stereocenters. The van der Waals surface area contributed by atoms with Crippen LogP contribution in [0.5, 0.6) is 5.75 Å². The molecule has 8 nitrogen and oxygen atoms in total. The number of anilines is 1. The van der Waals surface area contributed by atoms with Gasteiger partial charge >= 0.3 is 5.69 Å². The van der Waals surface area contributed by atoms with Crippen molar-refractivity contribution in [3.05, 3.63) is 63.7 Å². The smallest absolute Gasteiger partial charge is 0.311 e. The van der Waals surface area contributed by atoms with E-state index >= 15 is 0 Å². The normalized spacial score (nSPS) is 17.4. The van der Waals surface area contributed by atoms with E-state index in [0.29, 0.717) is 12.3 Å². The predicted molar refractivity (Wildman–Crippen MR) is 158 cm³/mol. The highest BCUT2D eigenvalue weighted by Crippen LogP contribution is 2.32. The van der Waals surface area contributed by atoms with Crippen molar-refractivity contribution in [1.29, 1.82) is 0 Å². The fraction of sp³-hybridized carbons (Fsp3) is 0.581. The molecule has 2 aliphatic heterocycles. The van der Waals surface area contributed by atoms with Gasteiger partial charge in [0.05, 0.1) is 12.0 Å². The molecule has 2 aromatic rings. The highest BCUT2D eigenvalue weighted by Gasteiger charge is 2.26. The van der Waals surface area contributed by atoms with Crippen LogP contribution in [0.15, 0.2) is 42.5 Å². The molecule has 2 saturated heterocycles. The fourth-order valence-electron chi connectivity index (χ4n) is 5.58. The lowest BCUT2D eigenvalue weighted by molar-refractivity contribution is -0.385. The summed E-state index contributed by atoms with van der Waals surface area (Å²) in [6, 6.07) is 14.2. The van der Waals surface area contributed by atoms with Gasteiger partial charge in [0.25, 0.3) is 0 Å². The van der Waals surface area contributed by atoms with Crippen LogP contribution in [0.3, 0.4) is 0 Å². The average molecular weight is 539 g/mol. The maximum atomic E-state index is 12.9. The molecule has 0 spiro atoms. The van der Waals surface area contributed by atoms with Gasteiger partial charge in [-0.1, -0.05) is 52.5 Å². The largest absolute Gasteiger partial charge is 0.490 e. The highest BCUT2D eigenvalue weighted by atomic mass is 16.6. The van der Waals surface area contributed by atoms with E-state index in [1.165, 1.54) is 24.3 Å². The molecular formula is C31H46N4O4. The first-order valence-electron chi connectivity index (χ1n) is 13.8. The molecule has 0 radical (unpaired) electrons. The molecule has 8 heteroatoms. The van der Waals surface area contributed by atoms with Crippen molar-refractivity contribution in [1.82, 2.24) is 9.80 Å². The topological polar surface area (TPSA) is 88.0 Å². The third kappa shape index (κ3) is 7.94. The summed E-state index contributed by atoms with van der Waals surface area (Å²) in [6.07, 6.45) is 4.57. The zero-order chi connectivity index (χ0) is 27.3. The van der Waals surface area contributed by atoms with Gasteiger partial charge in [-0.05, 0) is 67.3 Å². The summed E-state index contributed by atoms with van der Waals surface area (Å²) in [6.45, 7) is 11.1. The molecule has 2 fully saturated rings. The molecule has 0 aromatic heterocycles. The summed E-state index contributed by atoms with van der Waals surface area (Å²) in [5.74, 6) is 1.09. The Balaban J connectivity index is 0.00000420. The Bertz CT molecular complexity index is 1100. The van der Waals surface area contributed by atoms with Gasteiger partial charge in [0.1, 0.15) is 0 Å². The number of hydrogen-bond acceptors (Lipinski definition) is 6. The molecule has 0 atom stereocenters. The quantitative estimate of drug-likeness (QED) is 0.318. The molecule has 214 valence electrons. The van der Waals surface area contributed by atoms with Crippen LogP contribution >= 0.6 is 0 Å². The fourth-order valence-corrected chi connectivity index (χ4v) is 5.58. The molecule has 39 heavy (non-hydrogen) atoms. The number of ether oxygens (including phenoxy) is 1. The Labute approximate surface area is 233 Å². The van der Waals surface area contributed by atoms with Crippen LogP contribution < -0.4 is 10.1 Å². The van der Waals surface area contributed by atoms with Crippen LogP contribution in [0.4, 0.5) is 11.4 Å². The lowest BCUT2D eigenvalue weighted by Gasteiger charge is -2.35. The second-order valence-electron chi connectivity index (χ2n) is 11.7. The van der Waals surface area contributed by atoms with Gasteiger partial charge in [-0.2, -0.15) is 0 Å². The molecule has 1 amide bonds. The minimum atomic E-state index is -0.444. The molecule has 0 saturated carbocycles. The number of carbonyl (C=O) groups excluding carboxylic acids is 1. The first kappa shape index (κ1) is 30.4. The van der Waals surface area contributed by atoms with Crippen LogP contribution in [0.1, 0.15) is 77.3 Å². The molecule has 1 N–H and O–H groups in total. The van der Waals surface area contributed by atoms with Crippen molar-refractivity contribution in [2.24, 2.45) is 0 Å². The maximum absolute atomic E-state index is 12.9. The van der Waals surface area contributed by atoms with E-state index in [-0.39, 0.29) is 36.2 Å². The van der Waals surface area contributed by atoms with E-state index in [9.17, 15) is 14.9 Å². The molecule has 2 aliphatic rings. The zero-order valence-corrected chi connectivity index (χ0v) is 23.2. The SMILES string of the molecule is C.COc1cc(NC2CCN(C(=O)CCN3CCC(c4ccc(C(C)(C)C)cc4)CC3)CC2)ccc1[N+](=O)[O-]. The first-order chi connectivity index (χ1) is 18.1. The first-order valence-corrected chi connectivity index (χ1v) is 13.8. The summed E-state index contributed by atoms with van der Waals surface area (Å²) in [5, 5.41) is 14.6. The van der Waals surface area contributed by atoms with Crippen molar-refractivity contribution in [2.75, 3.05) is 45.2 Å².